The number of hydrogen-bond acceptors (Lipinski definition) is 7. The van der Waals surface area contributed by atoms with Gasteiger partial charge in [0.15, 0.2) is 5.79 Å². The van der Waals surface area contributed by atoms with Crippen molar-refractivity contribution in [2.45, 2.75) is 58.2 Å². The van der Waals surface area contributed by atoms with Gasteiger partial charge in [-0.15, -0.1) is 0 Å². The molecule has 0 spiro atoms. The van der Waals surface area contributed by atoms with Gasteiger partial charge in [-0.1, -0.05) is 31.5 Å². The van der Waals surface area contributed by atoms with E-state index < -0.39 is 53.1 Å². The van der Waals surface area contributed by atoms with Gasteiger partial charge in [0.25, 0.3) is 0 Å². The van der Waals surface area contributed by atoms with E-state index in [0.717, 1.165) is 0 Å². The second-order valence-electron chi connectivity index (χ2n) is 9.04. The quantitative estimate of drug-likeness (QED) is 0.466. The number of fused-ring (bicyclic) bond motifs is 3. The minimum atomic E-state index is -2.32. The fraction of sp³-hybridized carbons (Fsp3) is 0.565. The molecule has 1 aliphatic carbocycles. The average molecular weight is 469 g/mol. The lowest BCUT2D eigenvalue weighted by atomic mass is 9.66. The molecule has 0 saturated carbocycles. The first-order chi connectivity index (χ1) is 14.8. The van der Waals surface area contributed by atoms with Crippen LogP contribution in [0.15, 0.2) is 46.4 Å². The summed E-state index contributed by atoms with van der Waals surface area (Å²) in [6.07, 6.45) is 4.54. The largest absolute Gasteiger partial charge is 0.481 e. The molecule has 1 fully saturated rings. The number of ketones is 1. The number of allylic oxidation sites excluding steroid dienone is 3. The maximum Gasteiger partial charge on any atom is 0.312 e. The number of carbonyl (C=O) groups is 2. The van der Waals surface area contributed by atoms with Crippen LogP contribution in [0.3, 0.4) is 0 Å². The van der Waals surface area contributed by atoms with Crippen LogP contribution >= 0.6 is 11.6 Å². The molecular weight excluding hydrogens is 440 g/mol. The van der Waals surface area contributed by atoms with Gasteiger partial charge in [-0.2, -0.15) is 0 Å². The Morgan fingerprint density at radius 1 is 1.22 bits per heavy atom. The van der Waals surface area contributed by atoms with Crippen LogP contribution in [0.25, 0.3) is 0 Å². The molecule has 0 aromatic heterocycles. The van der Waals surface area contributed by atoms with E-state index in [1.807, 2.05) is 6.92 Å². The van der Waals surface area contributed by atoms with Crippen molar-refractivity contribution >= 4 is 23.4 Å². The number of aliphatic hydroxyl groups excluding tert-OH is 2. The van der Waals surface area contributed by atoms with Crippen LogP contribution in [0, 0.1) is 23.7 Å². The van der Waals surface area contributed by atoms with Crippen molar-refractivity contribution < 1.29 is 39.5 Å². The Bertz CT molecular complexity index is 946. The lowest BCUT2D eigenvalue weighted by Gasteiger charge is -2.37. The second-order valence-corrected chi connectivity index (χ2v) is 9.42. The lowest BCUT2D eigenvalue weighted by Crippen LogP contribution is -2.50. The molecule has 3 unspecified atom stereocenters. The first-order valence-electron chi connectivity index (χ1n) is 10.5. The molecule has 3 aliphatic rings. The molecule has 9 heteroatoms. The molecule has 0 aromatic rings. The molecule has 0 radical (unpaired) electrons. The Hall–Kier alpha value is -1.97. The third-order valence-corrected chi connectivity index (χ3v) is 7.23. The van der Waals surface area contributed by atoms with Gasteiger partial charge in [-0.25, -0.2) is 0 Å². The zero-order chi connectivity index (χ0) is 24.2. The summed E-state index contributed by atoms with van der Waals surface area (Å²) in [7, 11) is 0. The molecule has 0 bridgehead atoms. The Morgan fingerprint density at radius 3 is 2.38 bits per heavy atom. The number of Topliss-reactive ketones (excluding diaryl/α,β-unsaturated/α-hetero) is 1. The molecule has 4 N–H and O–H groups in total. The van der Waals surface area contributed by atoms with Gasteiger partial charge in [0, 0.05) is 28.9 Å². The lowest BCUT2D eigenvalue weighted by molar-refractivity contribution is -0.268. The standard InChI is InChI=1S/C23H29ClO8/c1-10(12(3)25)6-7-14-8-15-16(9-31-14)17-18(21(28)29)23(30,11(2)13(4)26)32-22(17,5)20(27)19(15)24/h6-13,17-18,25-26,30H,1-5H3,(H,28,29)/b7-6+/t10-,11?,12-,13?,17-,18-,22+,23?/m1/s1. The normalized spacial score (nSPS) is 36.0. The topological polar surface area (TPSA) is 134 Å². The number of carboxylic acid groups (broad SMARTS) is 1. The van der Waals surface area contributed by atoms with Crippen LogP contribution < -0.4 is 0 Å². The SMILES string of the molecule is CC(O)C(C)C1(O)O[C@]2(C)C(=O)C(Cl)=C3C=C(/C=C/[C@@H](C)[C@@H](C)O)OC=C3[C@@H]2[C@@H]1C(=O)O. The summed E-state index contributed by atoms with van der Waals surface area (Å²) in [5.41, 5.74) is -1.16. The van der Waals surface area contributed by atoms with Crippen LogP contribution in [-0.4, -0.2) is 55.8 Å². The maximum atomic E-state index is 13.3. The fourth-order valence-electron chi connectivity index (χ4n) is 4.45. The first kappa shape index (κ1) is 24.7. The third-order valence-electron chi connectivity index (χ3n) is 6.86. The summed E-state index contributed by atoms with van der Waals surface area (Å²) in [6, 6.07) is 0. The highest BCUT2D eigenvalue weighted by atomic mass is 35.5. The molecule has 8 atom stereocenters. The van der Waals surface area contributed by atoms with Crippen LogP contribution in [-0.2, 0) is 19.1 Å². The van der Waals surface area contributed by atoms with E-state index in [-0.39, 0.29) is 11.0 Å². The predicted molar refractivity (Wildman–Crippen MR) is 115 cm³/mol. The van der Waals surface area contributed by atoms with E-state index in [1.165, 1.54) is 33.1 Å². The van der Waals surface area contributed by atoms with Gasteiger partial charge in [0.2, 0.25) is 5.78 Å². The molecule has 2 aliphatic heterocycles. The van der Waals surface area contributed by atoms with Crippen LogP contribution in [0.5, 0.6) is 0 Å². The molecule has 2 heterocycles. The number of carbonyl (C=O) groups excluding carboxylic acids is 1. The number of carboxylic acids is 1. The van der Waals surface area contributed by atoms with Gasteiger partial charge >= 0.3 is 5.97 Å². The van der Waals surface area contributed by atoms with E-state index in [4.69, 9.17) is 21.1 Å². The summed E-state index contributed by atoms with van der Waals surface area (Å²) < 4.78 is 11.5. The third kappa shape index (κ3) is 3.74. The van der Waals surface area contributed by atoms with Crippen LogP contribution in [0.2, 0.25) is 0 Å². The van der Waals surface area contributed by atoms with Gasteiger partial charge in [0.05, 0.1) is 23.5 Å². The molecule has 8 nitrogen and oxygen atoms in total. The number of aliphatic carboxylic acids is 1. The Morgan fingerprint density at radius 2 is 1.84 bits per heavy atom. The van der Waals surface area contributed by atoms with Gasteiger partial charge in [0.1, 0.15) is 17.3 Å². The highest BCUT2D eigenvalue weighted by molar-refractivity contribution is 6.45. The summed E-state index contributed by atoms with van der Waals surface area (Å²) in [5.74, 6) is -7.83. The molecule has 3 rings (SSSR count). The summed E-state index contributed by atoms with van der Waals surface area (Å²) in [5, 5.41) is 40.9. The van der Waals surface area contributed by atoms with Crippen LogP contribution in [0.1, 0.15) is 34.6 Å². The van der Waals surface area contributed by atoms with Crippen LogP contribution in [0.4, 0.5) is 0 Å². The maximum absolute atomic E-state index is 13.3. The summed E-state index contributed by atoms with van der Waals surface area (Å²) in [6.45, 7) is 7.74. The minimum Gasteiger partial charge on any atom is -0.481 e. The van der Waals surface area contributed by atoms with Crippen molar-refractivity contribution in [3.8, 4) is 0 Å². The summed E-state index contributed by atoms with van der Waals surface area (Å²) in [4.78, 5) is 25.6. The van der Waals surface area contributed by atoms with E-state index in [9.17, 15) is 30.0 Å². The van der Waals surface area contributed by atoms with E-state index in [2.05, 4.69) is 0 Å². The van der Waals surface area contributed by atoms with Gasteiger partial charge in [-0.05, 0) is 32.9 Å². The molecule has 0 aromatic carbocycles. The van der Waals surface area contributed by atoms with Crippen molar-refractivity contribution in [2.24, 2.45) is 23.7 Å². The molecule has 176 valence electrons. The second kappa shape index (κ2) is 8.43. The molecule has 32 heavy (non-hydrogen) atoms. The van der Waals surface area contributed by atoms with E-state index >= 15 is 0 Å². The highest BCUT2D eigenvalue weighted by Gasteiger charge is 2.70. The number of halogens is 1. The minimum absolute atomic E-state index is 0.151. The summed E-state index contributed by atoms with van der Waals surface area (Å²) >= 11 is 6.40. The van der Waals surface area contributed by atoms with E-state index in [0.29, 0.717) is 16.9 Å². The van der Waals surface area contributed by atoms with Crippen molar-refractivity contribution in [2.75, 3.05) is 0 Å². The first-order valence-corrected chi connectivity index (χ1v) is 10.9. The fourth-order valence-corrected chi connectivity index (χ4v) is 4.80. The van der Waals surface area contributed by atoms with E-state index in [1.54, 1.807) is 19.1 Å². The Kier molecular flexibility index (Phi) is 6.49. The number of rotatable bonds is 6. The molecule has 1 saturated heterocycles. The number of ether oxygens (including phenoxy) is 2. The Balaban J connectivity index is 2.09. The molecule has 0 amide bonds. The number of aliphatic hydroxyl groups is 3. The zero-order valence-corrected chi connectivity index (χ0v) is 19.3. The smallest absolute Gasteiger partial charge is 0.312 e. The van der Waals surface area contributed by atoms with Crippen molar-refractivity contribution in [3.05, 3.63) is 46.4 Å². The highest BCUT2D eigenvalue weighted by Crippen LogP contribution is 2.58. The zero-order valence-electron chi connectivity index (χ0n) is 18.6. The molecular formula is C23H29ClO8. The van der Waals surface area contributed by atoms with Gasteiger partial charge < -0.3 is 29.9 Å². The van der Waals surface area contributed by atoms with Crippen molar-refractivity contribution in [1.82, 2.24) is 0 Å². The van der Waals surface area contributed by atoms with Crippen molar-refractivity contribution in [1.29, 1.82) is 0 Å². The monoisotopic (exact) mass is 468 g/mol. The predicted octanol–water partition coefficient (Wildman–Crippen LogP) is 2.24. The number of hydrogen-bond donors (Lipinski definition) is 4. The Labute approximate surface area is 191 Å². The van der Waals surface area contributed by atoms with Gasteiger partial charge in [-0.3, -0.25) is 9.59 Å². The van der Waals surface area contributed by atoms with Crippen molar-refractivity contribution in [3.63, 3.8) is 0 Å². The average Bonchev–Trinajstić information content (AvgIpc) is 2.98.